The number of aromatic nitrogens is 2. The van der Waals surface area contributed by atoms with Crippen molar-refractivity contribution in [3.63, 3.8) is 0 Å². The predicted octanol–water partition coefficient (Wildman–Crippen LogP) is 3.63. The zero-order valence-electron chi connectivity index (χ0n) is 11.1. The Morgan fingerprint density at radius 3 is 2.48 bits per heavy atom. The van der Waals surface area contributed by atoms with Gasteiger partial charge < -0.3 is 5.32 Å². The van der Waals surface area contributed by atoms with Gasteiger partial charge >= 0.3 is 12.2 Å². The molecule has 0 saturated carbocycles. The molecular formula is C13H13F3N4O. The monoisotopic (exact) mass is 298 g/mol. The second kappa shape index (κ2) is 5.86. The highest BCUT2D eigenvalue weighted by molar-refractivity contribution is 5.99. The van der Waals surface area contributed by atoms with Gasteiger partial charge in [-0.3, -0.25) is 10.4 Å². The average Bonchev–Trinajstić information content (AvgIpc) is 2.85. The molecule has 21 heavy (non-hydrogen) atoms. The summed E-state index contributed by atoms with van der Waals surface area (Å²) in [6.07, 6.45) is -2.12. The molecule has 0 aliphatic carbocycles. The third kappa shape index (κ3) is 3.74. The number of aromatic amines is 1. The molecule has 112 valence electrons. The Morgan fingerprint density at radius 1 is 1.24 bits per heavy atom. The highest BCUT2D eigenvalue weighted by atomic mass is 19.4. The van der Waals surface area contributed by atoms with Gasteiger partial charge in [0.2, 0.25) is 0 Å². The molecule has 1 aromatic heterocycles. The number of carbonyl (C=O) groups is 1. The van der Waals surface area contributed by atoms with Gasteiger partial charge in [-0.1, -0.05) is 6.92 Å². The van der Waals surface area contributed by atoms with Gasteiger partial charge in [0.25, 0.3) is 0 Å². The Labute approximate surface area is 118 Å². The summed E-state index contributed by atoms with van der Waals surface area (Å²) in [5.74, 6) is 0.460. The summed E-state index contributed by atoms with van der Waals surface area (Å²) in [6.45, 7) is 1.91. The third-order valence-electron chi connectivity index (χ3n) is 2.81. The van der Waals surface area contributed by atoms with E-state index in [1.54, 1.807) is 6.20 Å². The summed E-state index contributed by atoms with van der Waals surface area (Å²) >= 11 is 0. The number of hydrogen-bond acceptors (Lipinski definition) is 2. The van der Waals surface area contributed by atoms with Gasteiger partial charge in [0.05, 0.1) is 11.8 Å². The van der Waals surface area contributed by atoms with Gasteiger partial charge in [-0.25, -0.2) is 4.79 Å². The fourth-order valence-electron chi connectivity index (χ4n) is 1.71. The molecule has 0 spiro atoms. The minimum Gasteiger partial charge on any atom is -0.308 e. The van der Waals surface area contributed by atoms with Crippen molar-refractivity contribution in [1.82, 2.24) is 10.2 Å². The molecule has 0 unspecified atom stereocenters. The molecule has 0 saturated heterocycles. The normalized spacial score (nSPS) is 11.2. The van der Waals surface area contributed by atoms with Crippen molar-refractivity contribution in [2.24, 2.45) is 0 Å². The summed E-state index contributed by atoms with van der Waals surface area (Å²) in [7, 11) is 0. The maximum absolute atomic E-state index is 12.4. The number of rotatable bonds is 3. The van der Waals surface area contributed by atoms with Gasteiger partial charge in [0.1, 0.15) is 5.82 Å². The summed E-state index contributed by atoms with van der Waals surface area (Å²) in [5, 5.41) is 11.4. The van der Waals surface area contributed by atoms with Crippen molar-refractivity contribution < 1.29 is 18.0 Å². The van der Waals surface area contributed by atoms with Crippen LogP contribution in [0.25, 0.3) is 0 Å². The van der Waals surface area contributed by atoms with Gasteiger partial charge in [-0.05, 0) is 30.7 Å². The van der Waals surface area contributed by atoms with Crippen LogP contribution in [-0.2, 0) is 12.6 Å². The van der Waals surface area contributed by atoms with Crippen LogP contribution in [0.4, 0.5) is 29.5 Å². The Kier molecular flexibility index (Phi) is 4.15. The van der Waals surface area contributed by atoms with Crippen LogP contribution in [0.5, 0.6) is 0 Å². The standard InChI is InChI=1S/C13H13F3N4O/c1-2-8-7-17-20-11(8)19-12(21)18-10-5-3-9(4-6-10)13(14,15)16/h3-7H,2H2,1H3,(H3,17,18,19,20,21). The topological polar surface area (TPSA) is 69.8 Å². The summed E-state index contributed by atoms with van der Waals surface area (Å²) in [6, 6.07) is 3.63. The van der Waals surface area contributed by atoms with Crippen LogP contribution in [0.3, 0.4) is 0 Å². The molecule has 0 aliphatic heterocycles. The number of urea groups is 1. The first-order valence-electron chi connectivity index (χ1n) is 6.17. The maximum Gasteiger partial charge on any atom is 0.416 e. The van der Waals surface area contributed by atoms with Crippen LogP contribution in [-0.4, -0.2) is 16.2 Å². The van der Waals surface area contributed by atoms with Crippen molar-refractivity contribution in [2.45, 2.75) is 19.5 Å². The lowest BCUT2D eigenvalue weighted by atomic mass is 10.2. The van der Waals surface area contributed by atoms with Crippen LogP contribution in [0.2, 0.25) is 0 Å². The van der Waals surface area contributed by atoms with Crippen LogP contribution in [0.1, 0.15) is 18.1 Å². The highest BCUT2D eigenvalue weighted by Crippen LogP contribution is 2.29. The predicted molar refractivity (Wildman–Crippen MR) is 72.1 cm³/mol. The number of H-pyrrole nitrogens is 1. The molecule has 0 bridgehead atoms. The second-order valence-corrected chi connectivity index (χ2v) is 4.28. The molecule has 2 amide bonds. The molecule has 0 fully saturated rings. The summed E-state index contributed by atoms with van der Waals surface area (Å²) < 4.78 is 37.2. The number of nitrogens with zero attached hydrogens (tertiary/aromatic N) is 1. The molecule has 1 aromatic carbocycles. The van der Waals surface area contributed by atoms with Gasteiger partial charge in [0, 0.05) is 11.3 Å². The van der Waals surface area contributed by atoms with E-state index in [4.69, 9.17) is 0 Å². The van der Waals surface area contributed by atoms with Crippen LogP contribution < -0.4 is 10.6 Å². The molecule has 5 nitrogen and oxygen atoms in total. The molecule has 3 N–H and O–H groups in total. The van der Waals surface area contributed by atoms with E-state index in [1.807, 2.05) is 6.92 Å². The third-order valence-corrected chi connectivity index (χ3v) is 2.81. The first kappa shape index (κ1) is 14.9. The number of benzene rings is 1. The first-order chi connectivity index (χ1) is 9.90. The van der Waals surface area contributed by atoms with Crippen molar-refractivity contribution >= 4 is 17.5 Å². The Morgan fingerprint density at radius 2 is 1.90 bits per heavy atom. The molecule has 0 atom stereocenters. The van der Waals surface area contributed by atoms with Crippen LogP contribution >= 0.6 is 0 Å². The Bertz CT molecular complexity index is 619. The molecule has 0 aliphatic rings. The number of amides is 2. The lowest BCUT2D eigenvalue weighted by molar-refractivity contribution is -0.137. The second-order valence-electron chi connectivity index (χ2n) is 4.28. The number of alkyl halides is 3. The molecule has 8 heteroatoms. The zero-order chi connectivity index (χ0) is 15.5. The van der Waals surface area contributed by atoms with Crippen LogP contribution in [0.15, 0.2) is 30.5 Å². The first-order valence-corrected chi connectivity index (χ1v) is 6.17. The number of anilines is 2. The molecule has 1 heterocycles. The molecule has 0 radical (unpaired) electrons. The van der Waals surface area contributed by atoms with E-state index in [0.717, 1.165) is 17.7 Å². The maximum atomic E-state index is 12.4. The smallest absolute Gasteiger partial charge is 0.308 e. The molecule has 2 aromatic rings. The zero-order valence-corrected chi connectivity index (χ0v) is 11.1. The van der Waals surface area contributed by atoms with E-state index in [1.165, 1.54) is 12.1 Å². The van der Waals surface area contributed by atoms with E-state index in [2.05, 4.69) is 20.8 Å². The number of carbonyl (C=O) groups excluding carboxylic acids is 1. The number of hydrogen-bond donors (Lipinski definition) is 3. The van der Waals surface area contributed by atoms with Crippen LogP contribution in [0, 0.1) is 0 Å². The van der Waals surface area contributed by atoms with E-state index >= 15 is 0 Å². The Balaban J connectivity index is 2.00. The number of halogens is 3. The van der Waals surface area contributed by atoms with E-state index in [-0.39, 0.29) is 5.69 Å². The van der Waals surface area contributed by atoms with Gasteiger partial charge in [0.15, 0.2) is 0 Å². The average molecular weight is 298 g/mol. The van der Waals surface area contributed by atoms with Gasteiger partial charge in [-0.15, -0.1) is 0 Å². The van der Waals surface area contributed by atoms with E-state index < -0.39 is 17.8 Å². The highest BCUT2D eigenvalue weighted by Gasteiger charge is 2.29. The quantitative estimate of drug-likeness (QED) is 0.809. The molecule has 2 rings (SSSR count). The van der Waals surface area contributed by atoms with Crippen molar-refractivity contribution in [3.05, 3.63) is 41.6 Å². The SMILES string of the molecule is CCc1cn[nH]c1NC(=O)Nc1ccc(C(F)(F)F)cc1. The fourth-order valence-corrected chi connectivity index (χ4v) is 1.71. The lowest BCUT2D eigenvalue weighted by Gasteiger charge is -2.09. The van der Waals surface area contributed by atoms with Crippen molar-refractivity contribution in [1.29, 1.82) is 0 Å². The largest absolute Gasteiger partial charge is 0.416 e. The minimum absolute atomic E-state index is 0.262. The van der Waals surface area contributed by atoms with Gasteiger partial charge in [-0.2, -0.15) is 18.3 Å². The fraction of sp³-hybridized carbons (Fsp3) is 0.231. The summed E-state index contributed by atoms with van der Waals surface area (Å²) in [4.78, 5) is 11.7. The van der Waals surface area contributed by atoms with Crippen molar-refractivity contribution in [3.8, 4) is 0 Å². The van der Waals surface area contributed by atoms with E-state index in [0.29, 0.717) is 12.2 Å². The lowest BCUT2D eigenvalue weighted by Crippen LogP contribution is -2.20. The summed E-state index contributed by atoms with van der Waals surface area (Å²) in [5.41, 5.74) is 0.325. The van der Waals surface area contributed by atoms with Crippen molar-refractivity contribution in [2.75, 3.05) is 10.6 Å². The number of nitrogens with one attached hydrogen (secondary N) is 3. The van der Waals surface area contributed by atoms with E-state index in [9.17, 15) is 18.0 Å². The molecular weight excluding hydrogens is 285 g/mol. The number of aryl methyl sites for hydroxylation is 1. The minimum atomic E-state index is -4.40. The Hall–Kier alpha value is -2.51.